The molecular formula is C16H31N3O. The third-order valence-electron chi connectivity index (χ3n) is 4.86. The van der Waals surface area contributed by atoms with Gasteiger partial charge in [-0.1, -0.05) is 19.8 Å². The van der Waals surface area contributed by atoms with E-state index >= 15 is 0 Å². The van der Waals surface area contributed by atoms with Crippen molar-refractivity contribution in [2.45, 2.75) is 64.5 Å². The van der Waals surface area contributed by atoms with Gasteiger partial charge in [0, 0.05) is 12.6 Å². The van der Waals surface area contributed by atoms with Crippen LogP contribution in [0.15, 0.2) is 0 Å². The lowest BCUT2D eigenvalue weighted by atomic mass is 9.96. The van der Waals surface area contributed by atoms with Gasteiger partial charge in [-0.25, -0.2) is 0 Å². The lowest BCUT2D eigenvalue weighted by Crippen LogP contribution is -2.51. The van der Waals surface area contributed by atoms with Crippen LogP contribution in [-0.4, -0.2) is 49.1 Å². The topological polar surface area (TPSA) is 44.4 Å². The fraction of sp³-hybridized carbons (Fsp3) is 0.938. The van der Waals surface area contributed by atoms with Crippen molar-refractivity contribution in [1.29, 1.82) is 0 Å². The van der Waals surface area contributed by atoms with Crippen LogP contribution in [-0.2, 0) is 4.79 Å². The van der Waals surface area contributed by atoms with E-state index in [1.807, 2.05) is 0 Å². The normalized spacial score (nSPS) is 26.6. The van der Waals surface area contributed by atoms with Crippen LogP contribution in [0.5, 0.6) is 0 Å². The van der Waals surface area contributed by atoms with E-state index in [4.69, 9.17) is 0 Å². The molecule has 0 aromatic carbocycles. The average Bonchev–Trinajstić information content (AvgIpc) is 2.97. The van der Waals surface area contributed by atoms with Gasteiger partial charge in [-0.15, -0.1) is 0 Å². The van der Waals surface area contributed by atoms with Crippen molar-refractivity contribution in [3.05, 3.63) is 0 Å². The summed E-state index contributed by atoms with van der Waals surface area (Å²) in [7, 11) is 0. The van der Waals surface area contributed by atoms with Crippen LogP contribution in [0.2, 0.25) is 0 Å². The summed E-state index contributed by atoms with van der Waals surface area (Å²) in [5, 5.41) is 6.68. The number of nitrogens with zero attached hydrogens (tertiary/aromatic N) is 1. The molecule has 2 unspecified atom stereocenters. The Morgan fingerprint density at radius 3 is 2.70 bits per heavy atom. The minimum Gasteiger partial charge on any atom is -0.352 e. The van der Waals surface area contributed by atoms with E-state index < -0.39 is 0 Å². The Morgan fingerprint density at radius 1 is 1.25 bits per heavy atom. The molecule has 0 bridgehead atoms. The molecule has 2 aliphatic rings. The van der Waals surface area contributed by atoms with Crippen molar-refractivity contribution in [1.82, 2.24) is 15.5 Å². The highest BCUT2D eigenvalue weighted by Crippen LogP contribution is 2.20. The van der Waals surface area contributed by atoms with Crippen LogP contribution in [0.4, 0.5) is 0 Å². The highest BCUT2D eigenvalue weighted by Gasteiger charge is 2.28. The van der Waals surface area contributed by atoms with Gasteiger partial charge in [0.1, 0.15) is 0 Å². The van der Waals surface area contributed by atoms with Crippen LogP contribution in [0, 0.1) is 5.92 Å². The molecule has 1 saturated heterocycles. The second-order valence-electron chi connectivity index (χ2n) is 6.48. The molecule has 0 spiro atoms. The Labute approximate surface area is 123 Å². The van der Waals surface area contributed by atoms with Crippen LogP contribution in [0.1, 0.15) is 52.4 Å². The van der Waals surface area contributed by atoms with Gasteiger partial charge < -0.3 is 10.6 Å². The number of carbonyl (C=O) groups is 1. The molecule has 4 nitrogen and oxygen atoms in total. The van der Waals surface area contributed by atoms with Gasteiger partial charge in [-0.3, -0.25) is 9.69 Å². The third kappa shape index (κ3) is 4.45. The summed E-state index contributed by atoms with van der Waals surface area (Å²) >= 11 is 0. The zero-order valence-electron chi connectivity index (χ0n) is 13.2. The average molecular weight is 281 g/mol. The van der Waals surface area contributed by atoms with Crippen molar-refractivity contribution >= 4 is 5.91 Å². The zero-order chi connectivity index (χ0) is 14.4. The van der Waals surface area contributed by atoms with Crippen LogP contribution < -0.4 is 10.6 Å². The van der Waals surface area contributed by atoms with Crippen molar-refractivity contribution in [2.24, 2.45) is 5.92 Å². The molecule has 1 heterocycles. The molecule has 0 radical (unpaired) electrons. The Balaban J connectivity index is 1.77. The van der Waals surface area contributed by atoms with Crippen molar-refractivity contribution in [3.8, 4) is 0 Å². The van der Waals surface area contributed by atoms with Gasteiger partial charge in [-0.2, -0.15) is 0 Å². The van der Waals surface area contributed by atoms with E-state index in [0.717, 1.165) is 26.2 Å². The van der Waals surface area contributed by atoms with Crippen molar-refractivity contribution < 1.29 is 4.79 Å². The molecule has 2 fully saturated rings. The fourth-order valence-corrected chi connectivity index (χ4v) is 3.52. The molecule has 2 atom stereocenters. The highest BCUT2D eigenvalue weighted by atomic mass is 16.2. The molecular weight excluding hydrogens is 250 g/mol. The zero-order valence-corrected chi connectivity index (χ0v) is 13.2. The molecule has 1 saturated carbocycles. The van der Waals surface area contributed by atoms with E-state index in [0.29, 0.717) is 12.0 Å². The van der Waals surface area contributed by atoms with Gasteiger partial charge in [0.05, 0.1) is 6.04 Å². The summed E-state index contributed by atoms with van der Waals surface area (Å²) in [6.07, 6.45) is 7.39. The summed E-state index contributed by atoms with van der Waals surface area (Å²) in [5.74, 6) is 0.937. The van der Waals surface area contributed by atoms with Gasteiger partial charge in [0.2, 0.25) is 5.91 Å². The molecule has 1 aliphatic heterocycles. The SMILES string of the molecule is CCNCC1CCCN(C(C)C(=O)NC2CCCC2)C1. The summed E-state index contributed by atoms with van der Waals surface area (Å²) < 4.78 is 0. The number of hydrogen-bond donors (Lipinski definition) is 2. The maximum atomic E-state index is 12.4. The fourth-order valence-electron chi connectivity index (χ4n) is 3.52. The molecule has 20 heavy (non-hydrogen) atoms. The molecule has 0 aromatic rings. The Bertz CT molecular complexity index is 302. The summed E-state index contributed by atoms with van der Waals surface area (Å²) in [4.78, 5) is 14.7. The number of likely N-dealkylation sites (tertiary alicyclic amines) is 1. The maximum Gasteiger partial charge on any atom is 0.237 e. The second-order valence-corrected chi connectivity index (χ2v) is 6.48. The van der Waals surface area contributed by atoms with E-state index in [1.54, 1.807) is 0 Å². The third-order valence-corrected chi connectivity index (χ3v) is 4.86. The summed E-state index contributed by atoms with van der Waals surface area (Å²) in [5.41, 5.74) is 0. The van der Waals surface area contributed by atoms with E-state index in [9.17, 15) is 4.79 Å². The van der Waals surface area contributed by atoms with E-state index in [1.165, 1.54) is 38.5 Å². The predicted octanol–water partition coefficient (Wildman–Crippen LogP) is 1.76. The first-order chi connectivity index (χ1) is 9.70. The molecule has 2 rings (SSSR count). The van der Waals surface area contributed by atoms with E-state index in [2.05, 4.69) is 29.4 Å². The molecule has 4 heteroatoms. The number of piperidine rings is 1. The van der Waals surface area contributed by atoms with Gasteiger partial charge in [0.15, 0.2) is 0 Å². The molecule has 2 N–H and O–H groups in total. The number of nitrogens with one attached hydrogen (secondary N) is 2. The smallest absolute Gasteiger partial charge is 0.237 e. The molecule has 0 aromatic heterocycles. The predicted molar refractivity (Wildman–Crippen MR) is 82.7 cm³/mol. The quantitative estimate of drug-likeness (QED) is 0.780. The van der Waals surface area contributed by atoms with Crippen molar-refractivity contribution in [2.75, 3.05) is 26.2 Å². The van der Waals surface area contributed by atoms with E-state index in [-0.39, 0.29) is 11.9 Å². The van der Waals surface area contributed by atoms with Gasteiger partial charge in [-0.05, 0) is 58.2 Å². The Kier molecular flexibility index (Phi) is 6.30. The van der Waals surface area contributed by atoms with Crippen LogP contribution >= 0.6 is 0 Å². The second kappa shape index (κ2) is 7.99. The Morgan fingerprint density at radius 2 is 2.00 bits per heavy atom. The summed E-state index contributed by atoms with van der Waals surface area (Å²) in [6.45, 7) is 8.48. The number of hydrogen-bond acceptors (Lipinski definition) is 3. The number of amides is 1. The minimum absolute atomic E-state index is 0.0278. The first kappa shape index (κ1) is 15.8. The van der Waals surface area contributed by atoms with Gasteiger partial charge in [0.25, 0.3) is 0 Å². The molecule has 1 amide bonds. The lowest BCUT2D eigenvalue weighted by molar-refractivity contribution is -0.127. The summed E-state index contributed by atoms with van der Waals surface area (Å²) in [6, 6.07) is 0.465. The number of carbonyl (C=O) groups excluding carboxylic acids is 1. The standard InChI is InChI=1S/C16H31N3O/c1-3-17-11-14-7-6-10-19(12-14)13(2)16(20)18-15-8-4-5-9-15/h13-15,17H,3-12H2,1-2H3,(H,18,20). The van der Waals surface area contributed by atoms with Crippen molar-refractivity contribution in [3.63, 3.8) is 0 Å². The van der Waals surface area contributed by atoms with Crippen LogP contribution in [0.25, 0.3) is 0 Å². The molecule has 116 valence electrons. The monoisotopic (exact) mass is 281 g/mol. The Hall–Kier alpha value is -0.610. The minimum atomic E-state index is 0.0278. The van der Waals surface area contributed by atoms with Crippen LogP contribution in [0.3, 0.4) is 0 Å². The molecule has 1 aliphatic carbocycles. The lowest BCUT2D eigenvalue weighted by Gasteiger charge is -2.36. The maximum absolute atomic E-state index is 12.4. The number of rotatable bonds is 6. The first-order valence-corrected chi connectivity index (χ1v) is 8.45. The van der Waals surface area contributed by atoms with Gasteiger partial charge >= 0.3 is 0 Å². The largest absolute Gasteiger partial charge is 0.352 e. The highest BCUT2D eigenvalue weighted by molar-refractivity contribution is 5.81. The first-order valence-electron chi connectivity index (χ1n) is 8.45.